The van der Waals surface area contributed by atoms with Gasteiger partial charge in [-0.2, -0.15) is 0 Å². The number of nitro benzene ring substituents is 1. The Morgan fingerprint density at radius 2 is 1.30 bits per heavy atom. The molecule has 0 spiro atoms. The summed E-state index contributed by atoms with van der Waals surface area (Å²) in [6, 6.07) is 32.4. The molecule has 6 nitrogen and oxygen atoms in total. The highest BCUT2D eigenvalue weighted by atomic mass is 31.2. The van der Waals surface area contributed by atoms with Crippen molar-refractivity contribution in [1.82, 2.24) is 0 Å². The monoisotopic (exact) mass is 458 g/mol. The maximum atomic E-state index is 15.0. The summed E-state index contributed by atoms with van der Waals surface area (Å²) in [6.45, 7) is 0. The molecular formula is C26H23N2O4P. The molecule has 0 radical (unpaired) electrons. The average Bonchev–Trinajstić information content (AvgIpc) is 2.88. The summed E-state index contributed by atoms with van der Waals surface area (Å²) in [7, 11) is -1.66. The van der Waals surface area contributed by atoms with E-state index in [0.717, 1.165) is 5.56 Å². The van der Waals surface area contributed by atoms with E-state index in [1.54, 1.807) is 19.2 Å². The van der Waals surface area contributed by atoms with E-state index in [1.165, 1.54) is 12.1 Å². The second-order valence-electron chi connectivity index (χ2n) is 7.45. The summed E-state index contributed by atoms with van der Waals surface area (Å²) in [6.07, 6.45) is 0. The zero-order chi connectivity index (χ0) is 23.3. The number of non-ortho nitro benzene ring substituents is 1. The van der Waals surface area contributed by atoms with Crippen molar-refractivity contribution >= 4 is 29.1 Å². The molecular weight excluding hydrogens is 435 g/mol. The Bertz CT molecular complexity index is 1220. The normalized spacial score (nSPS) is 12.0. The van der Waals surface area contributed by atoms with Crippen molar-refractivity contribution in [3.8, 4) is 5.75 Å². The second kappa shape index (κ2) is 9.72. The number of hydrogen-bond donors (Lipinski definition) is 1. The van der Waals surface area contributed by atoms with Crippen molar-refractivity contribution in [2.45, 2.75) is 5.78 Å². The molecule has 0 saturated heterocycles. The van der Waals surface area contributed by atoms with Crippen LogP contribution in [-0.2, 0) is 4.57 Å². The topological polar surface area (TPSA) is 81.5 Å². The lowest BCUT2D eigenvalue weighted by molar-refractivity contribution is -0.384. The summed E-state index contributed by atoms with van der Waals surface area (Å²) in [5, 5.41) is 15.9. The van der Waals surface area contributed by atoms with Gasteiger partial charge >= 0.3 is 0 Å². The Labute approximate surface area is 192 Å². The van der Waals surface area contributed by atoms with Gasteiger partial charge in [0.25, 0.3) is 5.69 Å². The number of benzene rings is 4. The molecule has 1 N–H and O–H groups in total. The van der Waals surface area contributed by atoms with Crippen molar-refractivity contribution in [2.75, 3.05) is 12.4 Å². The minimum Gasteiger partial charge on any atom is -0.497 e. The van der Waals surface area contributed by atoms with Gasteiger partial charge in [0.05, 0.1) is 12.0 Å². The summed E-state index contributed by atoms with van der Waals surface area (Å²) >= 11 is 0. The van der Waals surface area contributed by atoms with Crippen LogP contribution in [0.1, 0.15) is 11.3 Å². The lowest BCUT2D eigenvalue weighted by Gasteiger charge is -2.31. The molecule has 7 heteroatoms. The van der Waals surface area contributed by atoms with Gasteiger partial charge in [0, 0.05) is 28.4 Å². The van der Waals surface area contributed by atoms with Crippen molar-refractivity contribution in [3.05, 3.63) is 125 Å². The van der Waals surface area contributed by atoms with Gasteiger partial charge in [0.2, 0.25) is 0 Å². The van der Waals surface area contributed by atoms with Gasteiger partial charge in [0.15, 0.2) is 7.14 Å². The number of nitrogens with zero attached hydrogens (tertiary/aromatic N) is 1. The molecule has 0 fully saturated rings. The van der Waals surface area contributed by atoms with Gasteiger partial charge in [-0.25, -0.2) is 0 Å². The molecule has 1 atom stereocenters. The fraction of sp³-hybridized carbons (Fsp3) is 0.0769. The molecule has 0 amide bonds. The first-order valence-electron chi connectivity index (χ1n) is 10.4. The predicted octanol–water partition coefficient (Wildman–Crippen LogP) is 5.73. The van der Waals surface area contributed by atoms with Gasteiger partial charge in [-0.15, -0.1) is 0 Å². The van der Waals surface area contributed by atoms with E-state index in [1.807, 2.05) is 84.9 Å². The number of ether oxygens (including phenoxy) is 1. The standard InChI is InChI=1S/C26H23N2O4P/c1-32-23-18-12-20(13-19-23)26(27-21-14-16-22(17-15-21)28(29)30)33(31,24-8-4-2-5-9-24)25-10-6-3-7-11-25/h2-19,26-27H,1H3. The fourth-order valence-corrected chi connectivity index (χ4v) is 6.80. The Balaban J connectivity index is 1.88. The van der Waals surface area contributed by atoms with Crippen LogP contribution in [0.25, 0.3) is 0 Å². The molecule has 0 aliphatic heterocycles. The molecule has 166 valence electrons. The number of hydrogen-bond acceptors (Lipinski definition) is 5. The van der Waals surface area contributed by atoms with Crippen LogP contribution in [0.4, 0.5) is 11.4 Å². The molecule has 0 aliphatic rings. The Kier molecular flexibility index (Phi) is 6.57. The van der Waals surface area contributed by atoms with Crippen LogP contribution < -0.4 is 20.7 Å². The predicted molar refractivity (Wildman–Crippen MR) is 132 cm³/mol. The molecule has 0 aliphatic carbocycles. The molecule has 0 heterocycles. The summed E-state index contributed by atoms with van der Waals surface area (Å²) < 4.78 is 20.4. The maximum absolute atomic E-state index is 15.0. The first-order valence-corrected chi connectivity index (χ1v) is 12.2. The van der Waals surface area contributed by atoms with E-state index < -0.39 is 17.8 Å². The van der Waals surface area contributed by atoms with Crippen LogP contribution in [0.15, 0.2) is 109 Å². The highest BCUT2D eigenvalue weighted by Gasteiger charge is 2.38. The Morgan fingerprint density at radius 1 is 0.788 bits per heavy atom. The SMILES string of the molecule is COc1ccc(C(Nc2ccc([N+](=O)[O-])cc2)P(=O)(c2ccccc2)c2ccccc2)cc1. The van der Waals surface area contributed by atoms with Crippen LogP contribution in [0.3, 0.4) is 0 Å². The summed E-state index contributed by atoms with van der Waals surface area (Å²) in [4.78, 5) is 10.6. The molecule has 0 saturated carbocycles. The fourth-order valence-electron chi connectivity index (χ4n) is 3.75. The molecule has 1 unspecified atom stereocenters. The molecule has 4 rings (SSSR count). The van der Waals surface area contributed by atoms with Crippen molar-refractivity contribution < 1.29 is 14.2 Å². The largest absolute Gasteiger partial charge is 0.497 e. The van der Waals surface area contributed by atoms with Gasteiger partial charge in [-0.1, -0.05) is 72.8 Å². The van der Waals surface area contributed by atoms with Gasteiger partial charge < -0.3 is 14.6 Å². The molecule has 33 heavy (non-hydrogen) atoms. The zero-order valence-corrected chi connectivity index (χ0v) is 18.9. The van der Waals surface area contributed by atoms with Crippen LogP contribution in [-0.4, -0.2) is 12.0 Å². The number of rotatable bonds is 8. The summed E-state index contributed by atoms with van der Waals surface area (Å²) in [5.41, 5.74) is 1.44. The third-order valence-corrected chi connectivity index (χ3v) is 8.74. The lowest BCUT2D eigenvalue weighted by atomic mass is 10.2. The van der Waals surface area contributed by atoms with Crippen molar-refractivity contribution in [1.29, 1.82) is 0 Å². The minimum absolute atomic E-state index is 0.00384. The van der Waals surface area contributed by atoms with E-state index in [0.29, 0.717) is 22.0 Å². The molecule has 0 aromatic heterocycles. The van der Waals surface area contributed by atoms with Crippen molar-refractivity contribution in [2.24, 2.45) is 0 Å². The highest BCUT2D eigenvalue weighted by molar-refractivity contribution is 7.79. The van der Waals surface area contributed by atoms with E-state index in [4.69, 9.17) is 4.74 Å². The second-order valence-corrected chi connectivity index (χ2v) is 10.3. The Hall–Kier alpha value is -3.89. The first-order chi connectivity index (χ1) is 16.0. The maximum Gasteiger partial charge on any atom is 0.269 e. The smallest absolute Gasteiger partial charge is 0.269 e. The minimum atomic E-state index is -3.26. The third-order valence-electron chi connectivity index (χ3n) is 5.46. The first kappa shape index (κ1) is 22.3. The van der Waals surface area contributed by atoms with Crippen LogP contribution in [0.5, 0.6) is 5.75 Å². The molecule has 0 bridgehead atoms. The molecule has 4 aromatic carbocycles. The lowest BCUT2D eigenvalue weighted by Crippen LogP contribution is -2.25. The van der Waals surface area contributed by atoms with Crippen LogP contribution >= 0.6 is 7.14 Å². The van der Waals surface area contributed by atoms with Crippen molar-refractivity contribution in [3.63, 3.8) is 0 Å². The van der Waals surface area contributed by atoms with Gasteiger partial charge in [-0.05, 0) is 29.8 Å². The van der Waals surface area contributed by atoms with E-state index in [2.05, 4.69) is 5.32 Å². The number of nitrogens with one attached hydrogen (secondary N) is 1. The van der Waals surface area contributed by atoms with E-state index in [-0.39, 0.29) is 5.69 Å². The highest BCUT2D eigenvalue weighted by Crippen LogP contribution is 2.57. The summed E-state index contributed by atoms with van der Waals surface area (Å²) in [5.74, 6) is 0.0803. The number of methoxy groups -OCH3 is 1. The number of anilines is 1. The zero-order valence-electron chi connectivity index (χ0n) is 18.0. The van der Waals surface area contributed by atoms with Gasteiger partial charge in [0.1, 0.15) is 11.5 Å². The quantitative estimate of drug-likeness (QED) is 0.207. The van der Waals surface area contributed by atoms with Crippen LogP contribution in [0, 0.1) is 10.1 Å². The molecule has 4 aromatic rings. The Morgan fingerprint density at radius 3 is 1.76 bits per heavy atom. The number of nitro groups is 1. The van der Waals surface area contributed by atoms with E-state index >= 15 is 4.57 Å². The third kappa shape index (κ3) is 4.66. The average molecular weight is 458 g/mol. The van der Waals surface area contributed by atoms with E-state index in [9.17, 15) is 10.1 Å². The van der Waals surface area contributed by atoms with Gasteiger partial charge in [-0.3, -0.25) is 10.1 Å². The van der Waals surface area contributed by atoms with Crippen LogP contribution in [0.2, 0.25) is 0 Å².